The van der Waals surface area contributed by atoms with Gasteiger partial charge >= 0.3 is 6.03 Å². The van der Waals surface area contributed by atoms with Gasteiger partial charge in [-0.05, 0) is 25.0 Å². The summed E-state index contributed by atoms with van der Waals surface area (Å²) in [5.41, 5.74) is 2.11. The topological polar surface area (TPSA) is 64.7 Å². The van der Waals surface area contributed by atoms with E-state index in [1.165, 1.54) is 30.6 Å². The van der Waals surface area contributed by atoms with Crippen LogP contribution in [-0.4, -0.2) is 49.6 Å². The second-order valence-electron chi connectivity index (χ2n) is 6.05. The number of rotatable bonds is 4. The third-order valence-electron chi connectivity index (χ3n) is 4.44. The quantitative estimate of drug-likeness (QED) is 0.892. The van der Waals surface area contributed by atoms with Gasteiger partial charge < -0.3 is 15.5 Å². The van der Waals surface area contributed by atoms with Crippen LogP contribution >= 0.6 is 0 Å². The molecule has 2 heterocycles. The molecule has 2 N–H and O–H groups in total. The summed E-state index contributed by atoms with van der Waals surface area (Å²) in [5.74, 6) is -0.189. The van der Waals surface area contributed by atoms with Crippen molar-refractivity contribution >= 4 is 23.3 Å². The van der Waals surface area contributed by atoms with E-state index in [1.807, 2.05) is 18.2 Å². The Morgan fingerprint density at radius 2 is 1.83 bits per heavy atom. The fourth-order valence-electron chi connectivity index (χ4n) is 3.19. The van der Waals surface area contributed by atoms with E-state index in [-0.39, 0.29) is 18.5 Å². The second-order valence-corrected chi connectivity index (χ2v) is 6.05. The minimum atomic E-state index is -0.294. The van der Waals surface area contributed by atoms with Crippen LogP contribution in [0.2, 0.25) is 0 Å². The summed E-state index contributed by atoms with van der Waals surface area (Å²) in [5, 5.41) is 5.86. The van der Waals surface area contributed by atoms with E-state index in [4.69, 9.17) is 0 Å². The smallest absolute Gasteiger partial charge is 0.324 e. The highest BCUT2D eigenvalue weighted by Crippen LogP contribution is 2.27. The Morgan fingerprint density at radius 1 is 1.09 bits per heavy atom. The number of para-hydroxylation sites is 2. The van der Waals surface area contributed by atoms with Crippen LogP contribution in [0, 0.1) is 0 Å². The molecule has 0 radical (unpaired) electrons. The molecule has 2 aliphatic heterocycles. The number of urea groups is 1. The standard InChI is InChI=1S/C17H24N4O2/c22-16(21-12-9-18-17(21)23)13-19-14-7-3-4-8-15(14)20-10-5-1-2-6-11-20/h3-4,7-8,19H,1-2,5-6,9-13H2,(H,18,23). The third kappa shape index (κ3) is 3.75. The minimum absolute atomic E-state index is 0.137. The number of carbonyl (C=O) groups is 2. The van der Waals surface area contributed by atoms with Gasteiger partial charge in [0, 0.05) is 26.2 Å². The molecule has 124 valence electrons. The Balaban J connectivity index is 1.65. The van der Waals surface area contributed by atoms with Crippen LogP contribution in [0.4, 0.5) is 16.2 Å². The first-order chi connectivity index (χ1) is 11.3. The van der Waals surface area contributed by atoms with Gasteiger partial charge in [0.15, 0.2) is 0 Å². The van der Waals surface area contributed by atoms with Crippen LogP contribution in [0.15, 0.2) is 24.3 Å². The highest BCUT2D eigenvalue weighted by atomic mass is 16.2. The molecule has 2 aliphatic rings. The summed E-state index contributed by atoms with van der Waals surface area (Å²) in [6, 6.07) is 7.80. The Hall–Kier alpha value is -2.24. The third-order valence-corrected chi connectivity index (χ3v) is 4.44. The van der Waals surface area contributed by atoms with E-state index in [0.29, 0.717) is 13.1 Å². The molecule has 2 fully saturated rings. The van der Waals surface area contributed by atoms with Crippen molar-refractivity contribution in [3.8, 4) is 0 Å². The second kappa shape index (κ2) is 7.35. The number of imide groups is 1. The van der Waals surface area contributed by atoms with E-state index >= 15 is 0 Å². The SMILES string of the molecule is O=C(CNc1ccccc1N1CCCCCC1)N1CCNC1=O. The fraction of sp³-hybridized carbons (Fsp3) is 0.529. The first-order valence-corrected chi connectivity index (χ1v) is 8.42. The maximum atomic E-state index is 12.2. The molecule has 0 atom stereocenters. The Kier molecular flexibility index (Phi) is 5.00. The minimum Gasteiger partial charge on any atom is -0.374 e. The van der Waals surface area contributed by atoms with Gasteiger partial charge in [-0.1, -0.05) is 25.0 Å². The molecule has 6 nitrogen and oxygen atoms in total. The number of carbonyl (C=O) groups excluding carboxylic acids is 2. The summed E-state index contributed by atoms with van der Waals surface area (Å²) in [6.45, 7) is 3.24. The highest BCUT2D eigenvalue weighted by Gasteiger charge is 2.25. The van der Waals surface area contributed by atoms with Crippen LogP contribution < -0.4 is 15.5 Å². The monoisotopic (exact) mass is 316 g/mol. The van der Waals surface area contributed by atoms with Gasteiger partial charge in [-0.15, -0.1) is 0 Å². The van der Waals surface area contributed by atoms with Crippen LogP contribution in [0.25, 0.3) is 0 Å². The van der Waals surface area contributed by atoms with Crippen molar-refractivity contribution in [1.29, 1.82) is 0 Å². The molecule has 0 saturated carbocycles. The average Bonchev–Trinajstić information content (AvgIpc) is 2.84. The largest absolute Gasteiger partial charge is 0.374 e. The molecular formula is C17H24N4O2. The van der Waals surface area contributed by atoms with Gasteiger partial charge in [-0.3, -0.25) is 9.69 Å². The maximum Gasteiger partial charge on any atom is 0.324 e. The predicted molar refractivity (Wildman–Crippen MR) is 90.7 cm³/mol. The van der Waals surface area contributed by atoms with Crippen molar-refractivity contribution in [1.82, 2.24) is 10.2 Å². The van der Waals surface area contributed by atoms with Gasteiger partial charge in [-0.25, -0.2) is 4.79 Å². The Morgan fingerprint density at radius 3 is 2.52 bits per heavy atom. The molecule has 6 heteroatoms. The van der Waals surface area contributed by atoms with Gasteiger partial charge in [0.05, 0.1) is 17.9 Å². The molecule has 0 bridgehead atoms. The molecule has 1 aromatic rings. The Bertz CT molecular complexity index is 567. The average molecular weight is 316 g/mol. The molecule has 1 aromatic carbocycles. The van der Waals surface area contributed by atoms with Gasteiger partial charge in [0.25, 0.3) is 0 Å². The number of hydrogen-bond acceptors (Lipinski definition) is 4. The van der Waals surface area contributed by atoms with E-state index in [0.717, 1.165) is 24.5 Å². The van der Waals surface area contributed by atoms with E-state index in [9.17, 15) is 9.59 Å². The van der Waals surface area contributed by atoms with Crippen LogP contribution in [0.1, 0.15) is 25.7 Å². The van der Waals surface area contributed by atoms with E-state index in [1.54, 1.807) is 0 Å². The summed E-state index contributed by atoms with van der Waals surface area (Å²) >= 11 is 0. The highest BCUT2D eigenvalue weighted by molar-refractivity contribution is 5.97. The maximum absolute atomic E-state index is 12.2. The number of nitrogens with one attached hydrogen (secondary N) is 2. The summed E-state index contributed by atoms with van der Waals surface area (Å²) < 4.78 is 0. The number of nitrogens with zero attached hydrogens (tertiary/aromatic N) is 2. The molecular weight excluding hydrogens is 292 g/mol. The van der Waals surface area contributed by atoms with E-state index in [2.05, 4.69) is 21.6 Å². The lowest BCUT2D eigenvalue weighted by atomic mass is 10.2. The molecule has 0 spiro atoms. The summed E-state index contributed by atoms with van der Waals surface area (Å²) in [4.78, 5) is 27.4. The van der Waals surface area contributed by atoms with Gasteiger partial charge in [-0.2, -0.15) is 0 Å². The van der Waals surface area contributed by atoms with Crippen molar-refractivity contribution in [2.75, 3.05) is 42.9 Å². The first-order valence-electron chi connectivity index (χ1n) is 8.42. The van der Waals surface area contributed by atoms with E-state index < -0.39 is 0 Å². The van der Waals surface area contributed by atoms with Crippen molar-refractivity contribution in [3.05, 3.63) is 24.3 Å². The summed E-state index contributed by atoms with van der Waals surface area (Å²) in [6.07, 6.45) is 4.99. The zero-order valence-electron chi connectivity index (χ0n) is 13.4. The number of amides is 3. The van der Waals surface area contributed by atoms with Crippen LogP contribution in [0.3, 0.4) is 0 Å². The molecule has 23 heavy (non-hydrogen) atoms. The van der Waals surface area contributed by atoms with Gasteiger partial charge in [0.2, 0.25) is 5.91 Å². The van der Waals surface area contributed by atoms with Crippen molar-refractivity contribution < 1.29 is 9.59 Å². The normalized spacial score (nSPS) is 18.5. The van der Waals surface area contributed by atoms with Crippen molar-refractivity contribution in [3.63, 3.8) is 0 Å². The van der Waals surface area contributed by atoms with Crippen molar-refractivity contribution in [2.24, 2.45) is 0 Å². The van der Waals surface area contributed by atoms with Crippen LogP contribution in [0.5, 0.6) is 0 Å². The van der Waals surface area contributed by atoms with Gasteiger partial charge in [0.1, 0.15) is 0 Å². The lowest BCUT2D eigenvalue weighted by Crippen LogP contribution is -2.38. The van der Waals surface area contributed by atoms with Crippen LogP contribution in [-0.2, 0) is 4.79 Å². The number of anilines is 2. The number of hydrogen-bond donors (Lipinski definition) is 2. The Labute approximate surface area is 136 Å². The molecule has 0 aliphatic carbocycles. The molecule has 3 rings (SSSR count). The molecule has 0 unspecified atom stereocenters. The summed E-state index contributed by atoms with van der Waals surface area (Å²) in [7, 11) is 0. The fourth-order valence-corrected chi connectivity index (χ4v) is 3.19. The lowest BCUT2D eigenvalue weighted by molar-refractivity contribution is -0.125. The predicted octanol–water partition coefficient (Wildman–Crippen LogP) is 2.03. The zero-order valence-corrected chi connectivity index (χ0v) is 13.4. The zero-order chi connectivity index (χ0) is 16.1. The number of benzene rings is 1. The lowest BCUT2D eigenvalue weighted by Gasteiger charge is -2.26. The molecule has 2 saturated heterocycles. The molecule has 0 aromatic heterocycles. The first kappa shape index (κ1) is 15.6. The van der Waals surface area contributed by atoms with Crippen molar-refractivity contribution in [2.45, 2.75) is 25.7 Å². The molecule has 3 amide bonds.